The van der Waals surface area contributed by atoms with Gasteiger partial charge in [0.05, 0.1) is 17.1 Å². The standard InChI is InChI=1S/C58H40N2O/c1-5-19-41(20-6-1)42-33-35-48(36-34-42)60(55-32-18-16-30-51(55)44-23-9-3-10-24-44)56-40-49(39-53-52-37-45-25-13-14-26-46(45)38-57(52)61-58(53)56)59(47-27-11-4-12-28-47)54-31-17-15-29-50(54)43-21-7-2-8-22-43/h1-40H. The highest BCUT2D eigenvalue weighted by Crippen LogP contribution is 2.50. The summed E-state index contributed by atoms with van der Waals surface area (Å²) in [5.41, 5.74) is 14.7. The number of rotatable bonds is 9. The third-order valence-electron chi connectivity index (χ3n) is 11.6. The van der Waals surface area contributed by atoms with E-state index >= 15 is 0 Å². The molecule has 0 atom stereocenters. The van der Waals surface area contributed by atoms with Gasteiger partial charge in [-0.25, -0.2) is 0 Å². The second-order valence-electron chi connectivity index (χ2n) is 15.3. The van der Waals surface area contributed by atoms with Crippen molar-refractivity contribution in [2.24, 2.45) is 0 Å². The quantitative estimate of drug-likeness (QED) is 0.145. The van der Waals surface area contributed by atoms with E-state index in [1.807, 2.05) is 0 Å². The third-order valence-corrected chi connectivity index (χ3v) is 11.6. The van der Waals surface area contributed by atoms with Gasteiger partial charge in [-0.3, -0.25) is 0 Å². The molecule has 11 rings (SSSR count). The van der Waals surface area contributed by atoms with E-state index in [2.05, 4.69) is 252 Å². The zero-order chi connectivity index (χ0) is 40.5. The van der Waals surface area contributed by atoms with Crippen molar-refractivity contribution in [3.05, 3.63) is 243 Å². The van der Waals surface area contributed by atoms with Crippen LogP contribution in [0.4, 0.5) is 34.1 Å². The Morgan fingerprint density at radius 3 is 1.34 bits per heavy atom. The van der Waals surface area contributed by atoms with Crippen LogP contribution in [-0.2, 0) is 0 Å². The monoisotopic (exact) mass is 780 g/mol. The molecule has 11 aromatic rings. The highest BCUT2D eigenvalue weighted by molar-refractivity contribution is 6.16. The zero-order valence-corrected chi connectivity index (χ0v) is 33.4. The number of anilines is 6. The first-order valence-corrected chi connectivity index (χ1v) is 20.8. The molecule has 0 saturated carbocycles. The molecule has 0 amide bonds. The number of benzene rings is 10. The highest BCUT2D eigenvalue weighted by atomic mass is 16.3. The fourth-order valence-electron chi connectivity index (χ4n) is 8.73. The molecule has 1 aromatic heterocycles. The summed E-state index contributed by atoms with van der Waals surface area (Å²) < 4.78 is 7.13. The molecule has 288 valence electrons. The first kappa shape index (κ1) is 36.0. The van der Waals surface area contributed by atoms with Crippen molar-refractivity contribution in [3.8, 4) is 33.4 Å². The van der Waals surface area contributed by atoms with Gasteiger partial charge in [0.25, 0.3) is 0 Å². The Kier molecular flexibility index (Phi) is 9.18. The Morgan fingerprint density at radius 1 is 0.279 bits per heavy atom. The third kappa shape index (κ3) is 6.69. The van der Waals surface area contributed by atoms with Crippen LogP contribution in [0.1, 0.15) is 0 Å². The van der Waals surface area contributed by atoms with Crippen LogP contribution in [0.25, 0.3) is 66.1 Å². The lowest BCUT2D eigenvalue weighted by Gasteiger charge is -2.31. The molecule has 61 heavy (non-hydrogen) atoms. The van der Waals surface area contributed by atoms with E-state index in [9.17, 15) is 0 Å². The summed E-state index contributed by atoms with van der Waals surface area (Å²) in [7, 11) is 0. The van der Waals surface area contributed by atoms with Gasteiger partial charge >= 0.3 is 0 Å². The predicted molar refractivity (Wildman–Crippen MR) is 257 cm³/mol. The van der Waals surface area contributed by atoms with Crippen LogP contribution in [0.2, 0.25) is 0 Å². The van der Waals surface area contributed by atoms with Gasteiger partial charge in [0.2, 0.25) is 0 Å². The van der Waals surface area contributed by atoms with Crippen LogP contribution in [0.15, 0.2) is 247 Å². The van der Waals surface area contributed by atoms with Crippen molar-refractivity contribution in [2.45, 2.75) is 0 Å². The Balaban J connectivity index is 1.24. The van der Waals surface area contributed by atoms with Crippen LogP contribution < -0.4 is 9.80 Å². The molecule has 0 N–H and O–H groups in total. The average Bonchev–Trinajstić information content (AvgIpc) is 3.70. The number of fused-ring (bicyclic) bond motifs is 4. The summed E-state index contributed by atoms with van der Waals surface area (Å²) in [5, 5.41) is 4.41. The molecule has 3 heteroatoms. The molecular formula is C58H40N2O. The summed E-state index contributed by atoms with van der Waals surface area (Å²) in [4.78, 5) is 4.78. The van der Waals surface area contributed by atoms with E-state index in [1.54, 1.807) is 0 Å². The predicted octanol–water partition coefficient (Wildman–Crippen LogP) is 16.7. The Bertz CT molecular complexity index is 3290. The lowest BCUT2D eigenvalue weighted by atomic mass is 9.99. The van der Waals surface area contributed by atoms with E-state index in [0.717, 1.165) is 89.3 Å². The van der Waals surface area contributed by atoms with Gasteiger partial charge in [-0.15, -0.1) is 0 Å². The molecule has 10 aromatic carbocycles. The van der Waals surface area contributed by atoms with E-state index in [-0.39, 0.29) is 0 Å². The molecule has 1 heterocycles. The average molecular weight is 781 g/mol. The van der Waals surface area contributed by atoms with E-state index in [4.69, 9.17) is 4.42 Å². The molecular weight excluding hydrogens is 741 g/mol. The molecule has 3 nitrogen and oxygen atoms in total. The molecule has 0 fully saturated rings. The summed E-state index contributed by atoms with van der Waals surface area (Å²) in [5.74, 6) is 0. The van der Waals surface area contributed by atoms with Crippen molar-refractivity contribution in [3.63, 3.8) is 0 Å². The first-order chi connectivity index (χ1) is 30.3. The Hall–Kier alpha value is -8.14. The van der Waals surface area contributed by atoms with Gasteiger partial charge in [-0.1, -0.05) is 182 Å². The highest BCUT2D eigenvalue weighted by Gasteiger charge is 2.26. The maximum atomic E-state index is 7.13. The van der Waals surface area contributed by atoms with E-state index in [1.165, 1.54) is 10.9 Å². The maximum absolute atomic E-state index is 7.13. The smallest absolute Gasteiger partial charge is 0.159 e. The number of nitrogens with zero attached hydrogens (tertiary/aromatic N) is 2. The number of hydrogen-bond donors (Lipinski definition) is 0. The van der Waals surface area contributed by atoms with Gasteiger partial charge in [0.1, 0.15) is 5.58 Å². The maximum Gasteiger partial charge on any atom is 0.159 e. The Labute approximate surface area is 355 Å². The largest absolute Gasteiger partial charge is 0.454 e. The fraction of sp³-hybridized carbons (Fsp3) is 0. The van der Waals surface area contributed by atoms with Gasteiger partial charge in [-0.05, 0) is 93.7 Å². The van der Waals surface area contributed by atoms with Crippen LogP contribution in [-0.4, -0.2) is 0 Å². The topological polar surface area (TPSA) is 19.6 Å². The van der Waals surface area contributed by atoms with Crippen molar-refractivity contribution >= 4 is 66.8 Å². The van der Waals surface area contributed by atoms with Crippen molar-refractivity contribution in [1.29, 1.82) is 0 Å². The SMILES string of the molecule is c1ccc(-c2ccc(N(c3ccccc3-c3ccccc3)c3cc(N(c4ccccc4)c4ccccc4-c4ccccc4)cc4c3oc3cc5ccccc5cc34)cc2)cc1. The van der Waals surface area contributed by atoms with Crippen molar-refractivity contribution in [1.82, 2.24) is 0 Å². The lowest BCUT2D eigenvalue weighted by Crippen LogP contribution is -2.14. The van der Waals surface area contributed by atoms with E-state index < -0.39 is 0 Å². The molecule has 0 spiro atoms. The molecule has 0 aliphatic rings. The van der Waals surface area contributed by atoms with Gasteiger partial charge in [0, 0.05) is 39.0 Å². The minimum absolute atomic E-state index is 0.813. The number of para-hydroxylation sites is 3. The van der Waals surface area contributed by atoms with Crippen molar-refractivity contribution in [2.75, 3.05) is 9.80 Å². The van der Waals surface area contributed by atoms with Crippen LogP contribution in [0.3, 0.4) is 0 Å². The summed E-state index contributed by atoms with van der Waals surface area (Å²) >= 11 is 0. The fourth-order valence-corrected chi connectivity index (χ4v) is 8.73. The number of hydrogen-bond acceptors (Lipinski definition) is 3. The lowest BCUT2D eigenvalue weighted by molar-refractivity contribution is 0.669. The Morgan fingerprint density at radius 2 is 0.738 bits per heavy atom. The van der Waals surface area contributed by atoms with Crippen molar-refractivity contribution < 1.29 is 4.42 Å². The van der Waals surface area contributed by atoms with E-state index in [0.29, 0.717) is 0 Å². The summed E-state index contributed by atoms with van der Waals surface area (Å²) in [6.07, 6.45) is 0. The minimum Gasteiger partial charge on any atom is -0.454 e. The van der Waals surface area contributed by atoms with Gasteiger partial charge in [0.15, 0.2) is 5.58 Å². The molecule has 0 aliphatic carbocycles. The molecule has 0 aliphatic heterocycles. The zero-order valence-electron chi connectivity index (χ0n) is 33.4. The van der Waals surface area contributed by atoms with Crippen LogP contribution in [0, 0.1) is 0 Å². The minimum atomic E-state index is 0.813. The first-order valence-electron chi connectivity index (χ1n) is 20.8. The molecule has 0 radical (unpaired) electrons. The van der Waals surface area contributed by atoms with Crippen LogP contribution >= 0.6 is 0 Å². The van der Waals surface area contributed by atoms with Crippen LogP contribution in [0.5, 0.6) is 0 Å². The normalized spacial score (nSPS) is 11.3. The van der Waals surface area contributed by atoms with Gasteiger partial charge in [-0.2, -0.15) is 0 Å². The number of furan rings is 1. The second kappa shape index (κ2) is 15.6. The summed E-state index contributed by atoms with van der Waals surface area (Å²) in [6, 6.07) is 86.5. The molecule has 0 unspecified atom stereocenters. The second-order valence-corrected chi connectivity index (χ2v) is 15.3. The molecule has 0 bridgehead atoms. The summed E-state index contributed by atoms with van der Waals surface area (Å²) in [6.45, 7) is 0. The van der Waals surface area contributed by atoms with Gasteiger partial charge < -0.3 is 14.2 Å². The molecule has 0 saturated heterocycles.